The number of carbonyl (C=O) groups is 2. The summed E-state index contributed by atoms with van der Waals surface area (Å²) in [4.78, 5) is 22.2. The molecule has 0 heterocycles. The highest BCUT2D eigenvalue weighted by atomic mass is 16.7. The molecule has 0 saturated carbocycles. The Morgan fingerprint density at radius 3 is 2.45 bits per heavy atom. The fourth-order valence-corrected chi connectivity index (χ4v) is 1.50. The molecule has 1 aromatic rings. The summed E-state index contributed by atoms with van der Waals surface area (Å²) >= 11 is 0. The Morgan fingerprint density at radius 2 is 1.95 bits per heavy atom. The van der Waals surface area contributed by atoms with Crippen LogP contribution in [0.4, 0.5) is 0 Å². The molecule has 108 valence electrons. The van der Waals surface area contributed by atoms with Crippen molar-refractivity contribution in [2.75, 3.05) is 6.61 Å². The Hall–Kier alpha value is -2.34. The summed E-state index contributed by atoms with van der Waals surface area (Å²) in [7, 11) is 0. The molecule has 20 heavy (non-hydrogen) atoms. The average Bonchev–Trinajstić information content (AvgIpc) is 2.35. The van der Waals surface area contributed by atoms with Gasteiger partial charge in [0.15, 0.2) is 6.29 Å². The second-order valence-corrected chi connectivity index (χ2v) is 4.24. The third-order valence-electron chi connectivity index (χ3n) is 2.33. The smallest absolute Gasteiger partial charge is 0.340 e. The van der Waals surface area contributed by atoms with Crippen molar-refractivity contribution in [2.24, 2.45) is 0 Å². The minimum absolute atomic E-state index is 0.0494. The molecule has 0 aromatic heterocycles. The predicted molar refractivity (Wildman–Crippen MR) is 71.2 cm³/mol. The maximum absolute atomic E-state index is 11.2. The molecule has 0 aliphatic heterocycles. The lowest BCUT2D eigenvalue weighted by atomic mass is 10.1. The molecule has 0 radical (unpaired) electrons. The molecular weight excluding hydrogens is 264 g/mol. The van der Waals surface area contributed by atoms with E-state index in [4.69, 9.17) is 19.7 Å². The van der Waals surface area contributed by atoms with Crippen molar-refractivity contribution in [3.63, 3.8) is 0 Å². The van der Waals surface area contributed by atoms with Crippen LogP contribution in [-0.2, 0) is 4.74 Å². The Balaban J connectivity index is 3.00. The predicted octanol–water partition coefficient (Wildman–Crippen LogP) is 2.40. The van der Waals surface area contributed by atoms with Gasteiger partial charge in [0.05, 0.1) is 12.2 Å². The molecule has 0 aliphatic carbocycles. The van der Waals surface area contributed by atoms with Gasteiger partial charge in [0.2, 0.25) is 0 Å². The van der Waals surface area contributed by atoms with Gasteiger partial charge in [-0.25, -0.2) is 9.59 Å². The van der Waals surface area contributed by atoms with Gasteiger partial charge in [-0.3, -0.25) is 0 Å². The van der Waals surface area contributed by atoms with Crippen LogP contribution in [0.5, 0.6) is 5.75 Å². The number of ether oxygens (including phenoxy) is 2. The lowest BCUT2D eigenvalue weighted by molar-refractivity contribution is -0.0577. The maximum Gasteiger partial charge on any atom is 0.340 e. The second kappa shape index (κ2) is 6.72. The molecule has 1 atom stereocenters. The van der Waals surface area contributed by atoms with Crippen LogP contribution in [0.3, 0.4) is 0 Å². The van der Waals surface area contributed by atoms with E-state index >= 15 is 0 Å². The van der Waals surface area contributed by atoms with Gasteiger partial charge in [-0.1, -0.05) is 18.2 Å². The first-order valence-electron chi connectivity index (χ1n) is 5.85. The largest absolute Gasteiger partial charge is 0.478 e. The Bertz CT molecular complexity index is 534. The molecule has 0 bridgehead atoms. The quantitative estimate of drug-likeness (QED) is 0.588. The first-order valence-corrected chi connectivity index (χ1v) is 5.85. The van der Waals surface area contributed by atoms with Gasteiger partial charge in [0, 0.05) is 0 Å². The van der Waals surface area contributed by atoms with E-state index in [0.29, 0.717) is 0 Å². The van der Waals surface area contributed by atoms with Crippen molar-refractivity contribution in [3.8, 4) is 5.75 Å². The van der Waals surface area contributed by atoms with Crippen molar-refractivity contribution in [3.05, 3.63) is 41.5 Å². The first kappa shape index (κ1) is 15.7. The van der Waals surface area contributed by atoms with Gasteiger partial charge in [-0.2, -0.15) is 0 Å². The molecule has 1 rings (SSSR count). The molecule has 0 saturated heterocycles. The highest BCUT2D eigenvalue weighted by Crippen LogP contribution is 2.24. The molecule has 6 heteroatoms. The Labute approximate surface area is 116 Å². The van der Waals surface area contributed by atoms with Crippen molar-refractivity contribution >= 4 is 11.9 Å². The monoisotopic (exact) mass is 280 g/mol. The summed E-state index contributed by atoms with van der Waals surface area (Å²) in [6.45, 7) is 7.29. The number of aromatic carboxylic acids is 2. The minimum Gasteiger partial charge on any atom is -0.478 e. The van der Waals surface area contributed by atoms with Crippen LogP contribution in [0.25, 0.3) is 0 Å². The van der Waals surface area contributed by atoms with E-state index in [9.17, 15) is 9.59 Å². The van der Waals surface area contributed by atoms with Gasteiger partial charge >= 0.3 is 11.9 Å². The summed E-state index contributed by atoms with van der Waals surface area (Å²) in [6.07, 6.45) is -0.728. The van der Waals surface area contributed by atoms with Crippen LogP contribution in [0.2, 0.25) is 0 Å². The summed E-state index contributed by atoms with van der Waals surface area (Å²) in [5, 5.41) is 18.1. The van der Waals surface area contributed by atoms with Gasteiger partial charge in [0.25, 0.3) is 0 Å². The van der Waals surface area contributed by atoms with Crippen LogP contribution < -0.4 is 4.74 Å². The van der Waals surface area contributed by atoms with Crippen molar-refractivity contribution in [2.45, 2.75) is 20.1 Å². The topological polar surface area (TPSA) is 93.1 Å². The van der Waals surface area contributed by atoms with Crippen LogP contribution in [0, 0.1) is 0 Å². The second-order valence-electron chi connectivity index (χ2n) is 4.24. The van der Waals surface area contributed by atoms with Crippen LogP contribution >= 0.6 is 0 Å². The van der Waals surface area contributed by atoms with E-state index in [-0.39, 0.29) is 17.9 Å². The third-order valence-corrected chi connectivity index (χ3v) is 2.33. The summed E-state index contributed by atoms with van der Waals surface area (Å²) in [5.41, 5.74) is 0.0612. The zero-order chi connectivity index (χ0) is 15.3. The van der Waals surface area contributed by atoms with Crippen LogP contribution in [0.15, 0.2) is 30.4 Å². The van der Waals surface area contributed by atoms with Gasteiger partial charge in [-0.05, 0) is 26.0 Å². The molecule has 1 unspecified atom stereocenters. The van der Waals surface area contributed by atoms with E-state index in [2.05, 4.69) is 6.58 Å². The average molecular weight is 280 g/mol. The number of carboxylic acids is 2. The zero-order valence-corrected chi connectivity index (χ0v) is 11.3. The van der Waals surface area contributed by atoms with Gasteiger partial charge in [0.1, 0.15) is 11.3 Å². The van der Waals surface area contributed by atoms with Crippen molar-refractivity contribution < 1.29 is 29.3 Å². The SMILES string of the molecule is C=C(C)COC(C)Oc1cccc(C(=O)O)c1C(=O)O. The number of hydrogen-bond donors (Lipinski definition) is 2. The molecule has 0 fully saturated rings. The summed E-state index contributed by atoms with van der Waals surface area (Å²) in [6, 6.07) is 4.01. The fourth-order valence-electron chi connectivity index (χ4n) is 1.50. The highest BCUT2D eigenvalue weighted by Gasteiger charge is 2.22. The standard InChI is InChI=1S/C14H16O6/c1-8(2)7-19-9(3)20-11-6-4-5-10(13(15)16)12(11)14(17)18/h4-6,9H,1,7H2,2-3H3,(H,15,16)(H,17,18). The summed E-state index contributed by atoms with van der Waals surface area (Å²) in [5.74, 6) is -2.75. The molecule has 6 nitrogen and oxygen atoms in total. The molecule has 0 aliphatic rings. The van der Waals surface area contributed by atoms with Crippen LogP contribution in [0.1, 0.15) is 34.6 Å². The molecule has 0 spiro atoms. The Kier molecular flexibility index (Phi) is 5.28. The van der Waals surface area contributed by atoms with Gasteiger partial charge < -0.3 is 19.7 Å². The van der Waals surface area contributed by atoms with E-state index in [1.54, 1.807) is 13.8 Å². The number of hydrogen-bond acceptors (Lipinski definition) is 4. The highest BCUT2D eigenvalue weighted by molar-refractivity contribution is 6.03. The van der Waals surface area contributed by atoms with E-state index in [1.165, 1.54) is 18.2 Å². The van der Waals surface area contributed by atoms with E-state index in [1.807, 2.05) is 0 Å². The molecule has 1 aromatic carbocycles. The lowest BCUT2D eigenvalue weighted by Crippen LogP contribution is -2.20. The maximum atomic E-state index is 11.2. The van der Waals surface area contributed by atoms with Crippen molar-refractivity contribution in [1.82, 2.24) is 0 Å². The van der Waals surface area contributed by atoms with E-state index < -0.39 is 23.8 Å². The lowest BCUT2D eigenvalue weighted by Gasteiger charge is -2.17. The number of carboxylic acid groups (broad SMARTS) is 2. The summed E-state index contributed by atoms with van der Waals surface area (Å²) < 4.78 is 10.6. The van der Waals surface area contributed by atoms with E-state index in [0.717, 1.165) is 5.57 Å². The number of benzene rings is 1. The minimum atomic E-state index is -1.37. The zero-order valence-electron chi connectivity index (χ0n) is 11.3. The number of rotatable bonds is 7. The van der Waals surface area contributed by atoms with Crippen LogP contribution in [-0.4, -0.2) is 35.0 Å². The molecule has 2 N–H and O–H groups in total. The third kappa shape index (κ3) is 4.10. The van der Waals surface area contributed by atoms with Gasteiger partial charge in [-0.15, -0.1) is 0 Å². The molecular formula is C14H16O6. The normalized spacial score (nSPS) is 11.7. The van der Waals surface area contributed by atoms with Crippen molar-refractivity contribution in [1.29, 1.82) is 0 Å². The first-order chi connectivity index (χ1) is 9.32. The molecule has 0 amide bonds. The fraction of sp³-hybridized carbons (Fsp3) is 0.286. The Morgan fingerprint density at radius 1 is 1.30 bits per heavy atom.